The van der Waals surface area contributed by atoms with Gasteiger partial charge in [-0.25, -0.2) is 0 Å². The molecule has 0 spiro atoms. The van der Waals surface area contributed by atoms with Crippen LogP contribution in [0.15, 0.2) is 17.5 Å². The fourth-order valence-electron chi connectivity index (χ4n) is 2.13. The lowest BCUT2D eigenvalue weighted by Crippen LogP contribution is -2.34. The number of nitrogens with zero attached hydrogens (tertiary/aromatic N) is 2. The van der Waals surface area contributed by atoms with E-state index in [9.17, 15) is 4.79 Å². The van der Waals surface area contributed by atoms with Crippen LogP contribution >= 0.6 is 23.6 Å². The number of carbonyl (C=O) groups is 1. The lowest BCUT2D eigenvalue weighted by atomic mass is 10.1. The molecule has 0 aliphatic rings. The van der Waals surface area contributed by atoms with Crippen LogP contribution in [0.2, 0.25) is 0 Å². The van der Waals surface area contributed by atoms with Gasteiger partial charge >= 0.3 is 0 Å². The summed E-state index contributed by atoms with van der Waals surface area (Å²) in [6.07, 6.45) is 2.31. The predicted octanol–water partition coefficient (Wildman–Crippen LogP) is 3.36. The number of aromatic nitrogens is 3. The zero-order chi connectivity index (χ0) is 15.2. The van der Waals surface area contributed by atoms with Crippen LogP contribution in [0.1, 0.15) is 33.1 Å². The Hall–Kier alpha value is -1.47. The molecule has 21 heavy (non-hydrogen) atoms. The topological polar surface area (TPSA) is 62.7 Å². The van der Waals surface area contributed by atoms with Crippen molar-refractivity contribution < 1.29 is 4.79 Å². The first-order valence-electron chi connectivity index (χ1n) is 7.14. The lowest BCUT2D eigenvalue weighted by Gasteiger charge is -2.14. The number of amides is 1. The SMILES string of the molecule is CCC(CC)NC(=O)CCn1c(-c2cccs2)n[nH]c1=S. The number of carbonyl (C=O) groups excluding carboxylic acids is 1. The average molecular weight is 324 g/mol. The highest BCUT2D eigenvalue weighted by molar-refractivity contribution is 7.71. The van der Waals surface area contributed by atoms with E-state index >= 15 is 0 Å². The zero-order valence-electron chi connectivity index (χ0n) is 12.3. The van der Waals surface area contributed by atoms with Crippen LogP contribution in [0.3, 0.4) is 0 Å². The number of H-pyrrole nitrogens is 1. The van der Waals surface area contributed by atoms with Crippen molar-refractivity contribution in [1.82, 2.24) is 20.1 Å². The second-order valence-corrected chi connectivity index (χ2v) is 6.15. The summed E-state index contributed by atoms with van der Waals surface area (Å²) in [7, 11) is 0. The molecule has 2 N–H and O–H groups in total. The molecule has 2 heterocycles. The molecule has 114 valence electrons. The standard InChI is InChI=1S/C14H20N4OS2/c1-3-10(4-2)15-12(19)7-8-18-13(16-17-14(18)20)11-6-5-9-21-11/h5-6,9-10H,3-4,7-8H2,1-2H3,(H,15,19)(H,17,20). The van der Waals surface area contributed by atoms with E-state index < -0.39 is 0 Å². The van der Waals surface area contributed by atoms with Gasteiger partial charge in [-0.3, -0.25) is 14.5 Å². The summed E-state index contributed by atoms with van der Waals surface area (Å²) in [5.74, 6) is 0.856. The van der Waals surface area contributed by atoms with Crippen molar-refractivity contribution in [3.05, 3.63) is 22.3 Å². The van der Waals surface area contributed by atoms with E-state index in [1.165, 1.54) is 0 Å². The Labute approximate surface area is 133 Å². The summed E-state index contributed by atoms with van der Waals surface area (Å²) in [4.78, 5) is 13.0. The third-order valence-electron chi connectivity index (χ3n) is 3.41. The Morgan fingerprint density at radius 1 is 1.52 bits per heavy atom. The molecule has 0 atom stereocenters. The number of nitrogens with one attached hydrogen (secondary N) is 2. The molecular formula is C14H20N4OS2. The van der Waals surface area contributed by atoms with Gasteiger partial charge in [0.25, 0.3) is 0 Å². The Balaban J connectivity index is 2.02. The van der Waals surface area contributed by atoms with Gasteiger partial charge in [0, 0.05) is 19.0 Å². The molecule has 0 unspecified atom stereocenters. The van der Waals surface area contributed by atoms with Crippen molar-refractivity contribution in [3.8, 4) is 10.7 Å². The van der Waals surface area contributed by atoms with Crippen LogP contribution in [-0.4, -0.2) is 26.7 Å². The summed E-state index contributed by atoms with van der Waals surface area (Å²) >= 11 is 6.86. The van der Waals surface area contributed by atoms with Crippen molar-refractivity contribution in [2.24, 2.45) is 0 Å². The van der Waals surface area contributed by atoms with E-state index in [2.05, 4.69) is 29.4 Å². The van der Waals surface area contributed by atoms with Crippen LogP contribution in [-0.2, 0) is 11.3 Å². The maximum atomic E-state index is 12.0. The summed E-state index contributed by atoms with van der Waals surface area (Å²) in [5.41, 5.74) is 0. The van der Waals surface area contributed by atoms with Crippen molar-refractivity contribution in [3.63, 3.8) is 0 Å². The number of aromatic amines is 1. The highest BCUT2D eigenvalue weighted by Gasteiger charge is 2.12. The molecule has 0 radical (unpaired) electrons. The van der Waals surface area contributed by atoms with E-state index in [1.807, 2.05) is 22.1 Å². The highest BCUT2D eigenvalue weighted by Crippen LogP contribution is 2.22. The summed E-state index contributed by atoms with van der Waals surface area (Å²) in [6.45, 7) is 4.69. The van der Waals surface area contributed by atoms with Crippen molar-refractivity contribution in [2.75, 3.05) is 0 Å². The first-order chi connectivity index (χ1) is 10.2. The predicted molar refractivity (Wildman–Crippen MR) is 87.9 cm³/mol. The zero-order valence-corrected chi connectivity index (χ0v) is 13.9. The fraction of sp³-hybridized carbons (Fsp3) is 0.500. The second kappa shape index (κ2) is 7.51. The Kier molecular flexibility index (Phi) is 5.69. The van der Waals surface area contributed by atoms with Gasteiger partial charge in [-0.15, -0.1) is 11.3 Å². The van der Waals surface area contributed by atoms with Gasteiger partial charge in [0.15, 0.2) is 10.6 Å². The van der Waals surface area contributed by atoms with Crippen LogP contribution in [0.5, 0.6) is 0 Å². The van der Waals surface area contributed by atoms with E-state index in [-0.39, 0.29) is 11.9 Å². The minimum atomic E-state index is 0.0592. The molecule has 0 fully saturated rings. The highest BCUT2D eigenvalue weighted by atomic mass is 32.1. The maximum Gasteiger partial charge on any atom is 0.222 e. The third kappa shape index (κ3) is 4.01. The maximum absolute atomic E-state index is 12.0. The molecule has 2 aromatic heterocycles. The van der Waals surface area contributed by atoms with Crippen LogP contribution in [0, 0.1) is 4.77 Å². The average Bonchev–Trinajstić information content (AvgIpc) is 3.12. The number of hydrogen-bond donors (Lipinski definition) is 2. The van der Waals surface area contributed by atoms with Gasteiger partial charge in [0.05, 0.1) is 4.88 Å². The molecule has 0 aromatic carbocycles. The molecule has 2 aromatic rings. The Morgan fingerprint density at radius 2 is 2.29 bits per heavy atom. The molecule has 1 amide bonds. The van der Waals surface area contributed by atoms with E-state index in [0.717, 1.165) is 23.5 Å². The van der Waals surface area contributed by atoms with Crippen molar-refractivity contribution in [1.29, 1.82) is 0 Å². The quantitative estimate of drug-likeness (QED) is 0.768. The largest absolute Gasteiger partial charge is 0.353 e. The number of thiophene rings is 1. The molecule has 5 nitrogen and oxygen atoms in total. The van der Waals surface area contributed by atoms with E-state index in [1.54, 1.807) is 11.3 Å². The molecule has 7 heteroatoms. The summed E-state index contributed by atoms with van der Waals surface area (Å²) in [5, 5.41) is 12.1. The number of hydrogen-bond acceptors (Lipinski definition) is 4. The minimum Gasteiger partial charge on any atom is -0.353 e. The molecule has 2 rings (SSSR count). The van der Waals surface area contributed by atoms with Gasteiger partial charge in [-0.05, 0) is 36.5 Å². The summed E-state index contributed by atoms with van der Waals surface area (Å²) in [6, 6.07) is 4.23. The first-order valence-corrected chi connectivity index (χ1v) is 8.42. The van der Waals surface area contributed by atoms with Gasteiger partial charge in [-0.2, -0.15) is 5.10 Å². The third-order valence-corrected chi connectivity index (χ3v) is 4.59. The van der Waals surface area contributed by atoms with Crippen LogP contribution in [0.4, 0.5) is 0 Å². The van der Waals surface area contributed by atoms with Crippen LogP contribution in [0.25, 0.3) is 10.7 Å². The smallest absolute Gasteiger partial charge is 0.222 e. The van der Waals surface area contributed by atoms with Crippen LogP contribution < -0.4 is 5.32 Å². The molecule has 0 aliphatic heterocycles. The monoisotopic (exact) mass is 324 g/mol. The van der Waals surface area contributed by atoms with Crippen molar-refractivity contribution in [2.45, 2.75) is 45.7 Å². The van der Waals surface area contributed by atoms with Crippen molar-refractivity contribution >= 4 is 29.5 Å². The molecule has 0 saturated heterocycles. The van der Waals surface area contributed by atoms with E-state index in [4.69, 9.17) is 12.2 Å². The normalized spacial score (nSPS) is 11.0. The second-order valence-electron chi connectivity index (χ2n) is 4.81. The summed E-state index contributed by atoms with van der Waals surface area (Å²) < 4.78 is 2.43. The Bertz CT molecular complexity index is 626. The Morgan fingerprint density at radius 3 is 2.90 bits per heavy atom. The fourth-order valence-corrected chi connectivity index (χ4v) is 3.07. The van der Waals surface area contributed by atoms with Gasteiger partial charge in [-0.1, -0.05) is 19.9 Å². The van der Waals surface area contributed by atoms with Gasteiger partial charge < -0.3 is 5.32 Å². The molecule has 0 aliphatic carbocycles. The molecular weight excluding hydrogens is 304 g/mol. The minimum absolute atomic E-state index is 0.0592. The lowest BCUT2D eigenvalue weighted by molar-refractivity contribution is -0.122. The molecule has 0 saturated carbocycles. The van der Waals surface area contributed by atoms with Gasteiger partial charge in [0.2, 0.25) is 5.91 Å². The molecule has 0 bridgehead atoms. The number of rotatable bonds is 7. The van der Waals surface area contributed by atoms with E-state index in [0.29, 0.717) is 17.7 Å². The first kappa shape index (κ1) is 15.9. The van der Waals surface area contributed by atoms with Gasteiger partial charge in [0.1, 0.15) is 0 Å².